The third-order valence-electron chi connectivity index (χ3n) is 6.82. The first-order valence-corrected chi connectivity index (χ1v) is 11.5. The zero-order valence-corrected chi connectivity index (χ0v) is 20.1. The van der Waals surface area contributed by atoms with Crippen LogP contribution in [0.3, 0.4) is 0 Å². The van der Waals surface area contributed by atoms with Gasteiger partial charge in [0, 0.05) is 42.6 Å². The molecule has 0 aliphatic carbocycles. The van der Waals surface area contributed by atoms with Gasteiger partial charge in [-0.05, 0) is 24.7 Å². The fourth-order valence-corrected chi connectivity index (χ4v) is 5.12. The highest BCUT2D eigenvalue weighted by atomic mass is 16.5. The van der Waals surface area contributed by atoms with Gasteiger partial charge in [-0.25, -0.2) is 0 Å². The maximum absolute atomic E-state index is 12.7. The van der Waals surface area contributed by atoms with Gasteiger partial charge in [0.2, 0.25) is 11.5 Å². The van der Waals surface area contributed by atoms with Crippen LogP contribution in [0.5, 0.6) is 23.0 Å². The first-order chi connectivity index (χ1) is 15.1. The quantitative estimate of drug-likeness (QED) is 0.429. The van der Waals surface area contributed by atoms with E-state index >= 15 is 0 Å². The SMILES string of the molecule is COc1c(O)c2c(c(O)c1OC)C1CC(OC(=O)C(N)C(C)C)C(CC(C)C)CN1CC2. The number of phenols is 2. The average molecular weight is 451 g/mol. The van der Waals surface area contributed by atoms with Crippen LogP contribution in [-0.4, -0.2) is 60.5 Å². The second-order valence-corrected chi connectivity index (χ2v) is 9.79. The maximum atomic E-state index is 12.7. The second kappa shape index (κ2) is 9.75. The fourth-order valence-electron chi connectivity index (χ4n) is 5.12. The molecule has 180 valence electrons. The van der Waals surface area contributed by atoms with Crippen molar-refractivity contribution in [2.24, 2.45) is 23.5 Å². The molecule has 2 aliphatic heterocycles. The molecule has 0 spiro atoms. The van der Waals surface area contributed by atoms with E-state index in [0.29, 0.717) is 29.9 Å². The number of methoxy groups -OCH3 is 2. The van der Waals surface area contributed by atoms with Gasteiger partial charge in [-0.15, -0.1) is 0 Å². The van der Waals surface area contributed by atoms with E-state index < -0.39 is 6.04 Å². The zero-order valence-electron chi connectivity index (χ0n) is 20.1. The van der Waals surface area contributed by atoms with Gasteiger partial charge in [0.1, 0.15) is 12.1 Å². The number of aromatic hydroxyl groups is 2. The van der Waals surface area contributed by atoms with Crippen LogP contribution in [0.25, 0.3) is 0 Å². The Morgan fingerprint density at radius 1 is 1.12 bits per heavy atom. The molecule has 2 heterocycles. The van der Waals surface area contributed by atoms with Crippen molar-refractivity contribution in [3.63, 3.8) is 0 Å². The van der Waals surface area contributed by atoms with E-state index in [4.69, 9.17) is 19.9 Å². The number of fused-ring (bicyclic) bond motifs is 3. The molecular weight excluding hydrogens is 412 g/mol. The Labute approximate surface area is 190 Å². The molecule has 8 heteroatoms. The summed E-state index contributed by atoms with van der Waals surface area (Å²) in [6, 6.07) is -0.880. The van der Waals surface area contributed by atoms with E-state index in [1.54, 1.807) is 0 Å². The zero-order chi connectivity index (χ0) is 23.7. The number of hydrogen-bond donors (Lipinski definition) is 3. The van der Waals surface area contributed by atoms with Crippen molar-refractivity contribution in [2.45, 2.75) is 65.1 Å². The molecule has 0 bridgehead atoms. The van der Waals surface area contributed by atoms with Crippen LogP contribution in [0.1, 0.15) is 57.7 Å². The highest BCUT2D eigenvalue weighted by Crippen LogP contribution is 2.55. The molecular formula is C24H38N2O6. The number of carbonyl (C=O) groups excluding carboxylic acids is 1. The molecule has 0 saturated carbocycles. The van der Waals surface area contributed by atoms with E-state index in [0.717, 1.165) is 19.5 Å². The summed E-state index contributed by atoms with van der Waals surface area (Å²) < 4.78 is 16.6. The maximum Gasteiger partial charge on any atom is 0.323 e. The molecule has 4 atom stereocenters. The van der Waals surface area contributed by atoms with E-state index in [2.05, 4.69) is 18.7 Å². The average Bonchev–Trinajstić information content (AvgIpc) is 2.74. The van der Waals surface area contributed by atoms with Crippen molar-refractivity contribution in [1.82, 2.24) is 4.90 Å². The number of nitrogens with zero attached hydrogens (tertiary/aromatic N) is 1. The van der Waals surface area contributed by atoms with Crippen molar-refractivity contribution in [3.8, 4) is 23.0 Å². The van der Waals surface area contributed by atoms with Crippen molar-refractivity contribution < 1.29 is 29.2 Å². The Balaban J connectivity index is 1.99. The highest BCUT2D eigenvalue weighted by molar-refractivity contribution is 5.76. The third kappa shape index (κ3) is 4.48. The van der Waals surface area contributed by atoms with Gasteiger partial charge in [0.05, 0.1) is 14.2 Å². The summed E-state index contributed by atoms with van der Waals surface area (Å²) >= 11 is 0. The summed E-state index contributed by atoms with van der Waals surface area (Å²) in [5.41, 5.74) is 7.35. The smallest absolute Gasteiger partial charge is 0.323 e. The highest BCUT2D eigenvalue weighted by Gasteiger charge is 2.44. The Hall–Kier alpha value is -2.19. The van der Waals surface area contributed by atoms with Gasteiger partial charge in [-0.2, -0.15) is 0 Å². The van der Waals surface area contributed by atoms with Gasteiger partial charge in [-0.3, -0.25) is 9.69 Å². The van der Waals surface area contributed by atoms with Gasteiger partial charge >= 0.3 is 5.97 Å². The summed E-state index contributed by atoms with van der Waals surface area (Å²) in [6.07, 6.45) is 1.71. The molecule has 8 nitrogen and oxygen atoms in total. The van der Waals surface area contributed by atoms with Gasteiger partial charge < -0.3 is 30.2 Å². The predicted molar refractivity (Wildman–Crippen MR) is 121 cm³/mol. The number of phenolic OH excluding ortho intramolecular Hbond substituents is 2. The summed E-state index contributed by atoms with van der Waals surface area (Å²) in [7, 11) is 2.87. The van der Waals surface area contributed by atoms with Crippen LogP contribution in [0, 0.1) is 17.8 Å². The number of ether oxygens (including phenoxy) is 3. The molecule has 1 aromatic carbocycles. The number of rotatable bonds is 7. The van der Waals surface area contributed by atoms with E-state index in [1.807, 2.05) is 13.8 Å². The number of benzene rings is 1. The lowest BCUT2D eigenvalue weighted by Gasteiger charge is -2.47. The normalized spacial score (nSPS) is 24.1. The van der Waals surface area contributed by atoms with Crippen molar-refractivity contribution >= 4 is 5.97 Å². The lowest BCUT2D eigenvalue weighted by Crippen LogP contribution is -2.51. The van der Waals surface area contributed by atoms with Crippen LogP contribution >= 0.6 is 0 Å². The molecule has 0 radical (unpaired) electrons. The first-order valence-electron chi connectivity index (χ1n) is 11.5. The van der Waals surface area contributed by atoms with Crippen molar-refractivity contribution in [1.29, 1.82) is 0 Å². The lowest BCUT2D eigenvalue weighted by atomic mass is 9.78. The first kappa shape index (κ1) is 24.5. The van der Waals surface area contributed by atoms with Crippen LogP contribution in [0.4, 0.5) is 0 Å². The Bertz CT molecular complexity index is 841. The number of carbonyl (C=O) groups is 1. The minimum absolute atomic E-state index is 0.00326. The van der Waals surface area contributed by atoms with Crippen molar-refractivity contribution in [2.75, 3.05) is 27.3 Å². The molecule has 3 rings (SSSR count). The Kier molecular flexibility index (Phi) is 7.45. The molecule has 1 aromatic rings. The predicted octanol–water partition coefficient (Wildman–Crippen LogP) is 2.98. The summed E-state index contributed by atoms with van der Waals surface area (Å²) in [4.78, 5) is 15.0. The molecule has 32 heavy (non-hydrogen) atoms. The number of esters is 1. The summed E-state index contributed by atoms with van der Waals surface area (Å²) in [5.74, 6) is 0.445. The topological polar surface area (TPSA) is 114 Å². The Morgan fingerprint density at radius 3 is 2.31 bits per heavy atom. The largest absolute Gasteiger partial charge is 0.504 e. The minimum Gasteiger partial charge on any atom is -0.504 e. The molecule has 1 saturated heterocycles. The third-order valence-corrected chi connectivity index (χ3v) is 6.82. The second-order valence-electron chi connectivity index (χ2n) is 9.79. The van der Waals surface area contributed by atoms with Crippen LogP contribution in [0.2, 0.25) is 0 Å². The molecule has 1 fully saturated rings. The van der Waals surface area contributed by atoms with Gasteiger partial charge in [0.25, 0.3) is 0 Å². The molecule has 4 unspecified atom stereocenters. The van der Waals surface area contributed by atoms with E-state index in [-0.39, 0.29) is 52.9 Å². The Morgan fingerprint density at radius 2 is 1.75 bits per heavy atom. The van der Waals surface area contributed by atoms with Crippen LogP contribution < -0.4 is 15.2 Å². The fraction of sp³-hybridized carbons (Fsp3) is 0.708. The molecule has 4 N–H and O–H groups in total. The monoisotopic (exact) mass is 450 g/mol. The summed E-state index contributed by atoms with van der Waals surface area (Å²) in [5, 5.41) is 21.9. The molecule has 2 aliphatic rings. The van der Waals surface area contributed by atoms with Gasteiger partial charge in [0.15, 0.2) is 11.5 Å². The van der Waals surface area contributed by atoms with Gasteiger partial charge in [-0.1, -0.05) is 27.7 Å². The number of nitrogens with two attached hydrogens (primary N) is 1. The van der Waals surface area contributed by atoms with E-state index in [1.165, 1.54) is 14.2 Å². The van der Waals surface area contributed by atoms with Crippen molar-refractivity contribution in [3.05, 3.63) is 11.1 Å². The number of hydrogen-bond acceptors (Lipinski definition) is 8. The lowest BCUT2D eigenvalue weighted by molar-refractivity contribution is -0.160. The van der Waals surface area contributed by atoms with Crippen LogP contribution in [-0.2, 0) is 16.0 Å². The summed E-state index contributed by atoms with van der Waals surface area (Å²) in [6.45, 7) is 9.61. The minimum atomic E-state index is -0.673. The molecule has 0 amide bonds. The molecule has 0 aromatic heterocycles. The standard InChI is InChI=1S/C24H38N2O6/c1-12(2)9-14-11-26-8-7-15-18(21(28)23(31-6)22(30-5)20(15)27)16(26)10-17(14)32-24(29)19(25)13(3)4/h12-14,16-17,19,27-28H,7-11,25H2,1-6H3. The van der Waals surface area contributed by atoms with E-state index in [9.17, 15) is 15.0 Å². The van der Waals surface area contributed by atoms with Crippen LogP contribution in [0.15, 0.2) is 0 Å². The number of piperidine rings is 1.